The number of H-pyrrole nitrogens is 1. The molecule has 0 aromatic carbocycles. The molecule has 6 heteroatoms. The number of aromatic nitrogens is 2. The molecule has 2 amide bonds. The Morgan fingerprint density at radius 3 is 2.63 bits per heavy atom. The van der Waals surface area contributed by atoms with Crippen LogP contribution in [0.25, 0.3) is 0 Å². The van der Waals surface area contributed by atoms with E-state index >= 15 is 0 Å². The Hall–Kier alpha value is -1.82. The van der Waals surface area contributed by atoms with Crippen LogP contribution in [0.4, 0.5) is 16.3 Å². The van der Waals surface area contributed by atoms with E-state index in [1.165, 1.54) is 0 Å². The van der Waals surface area contributed by atoms with E-state index in [9.17, 15) is 4.79 Å². The number of anilines is 2. The first-order valence-electron chi connectivity index (χ1n) is 6.16. The van der Waals surface area contributed by atoms with Gasteiger partial charge in [-0.05, 0) is 31.2 Å². The molecule has 2 rings (SSSR count). The minimum Gasteiger partial charge on any atom is -0.307 e. The molecule has 0 aliphatic rings. The zero-order chi connectivity index (χ0) is 14.0. The Labute approximate surface area is 116 Å². The molecule has 0 unspecified atom stereocenters. The van der Waals surface area contributed by atoms with Crippen LogP contribution >= 0.6 is 11.3 Å². The van der Waals surface area contributed by atoms with Crippen molar-refractivity contribution in [3.8, 4) is 0 Å². The quantitative estimate of drug-likeness (QED) is 0.798. The number of amides is 2. The molecule has 0 saturated carbocycles. The zero-order valence-corrected chi connectivity index (χ0v) is 12.3. The van der Waals surface area contributed by atoms with Crippen molar-refractivity contribution in [2.24, 2.45) is 0 Å². The number of rotatable bonds is 3. The average Bonchev–Trinajstić information content (AvgIpc) is 2.88. The third-order valence-corrected chi connectivity index (χ3v) is 3.81. The van der Waals surface area contributed by atoms with Gasteiger partial charge in [-0.3, -0.25) is 10.4 Å². The van der Waals surface area contributed by atoms with Gasteiger partial charge in [0.15, 0.2) is 5.82 Å². The summed E-state index contributed by atoms with van der Waals surface area (Å²) in [6.07, 6.45) is 0. The van der Waals surface area contributed by atoms with Crippen molar-refractivity contribution >= 4 is 28.9 Å². The second-order valence-electron chi connectivity index (χ2n) is 4.74. The summed E-state index contributed by atoms with van der Waals surface area (Å²) in [6.45, 7) is 8.08. The monoisotopic (exact) mass is 278 g/mol. The van der Waals surface area contributed by atoms with Gasteiger partial charge in [0.05, 0.1) is 5.69 Å². The van der Waals surface area contributed by atoms with Crippen LogP contribution in [0.3, 0.4) is 0 Å². The zero-order valence-electron chi connectivity index (χ0n) is 11.5. The fraction of sp³-hybridized carbons (Fsp3) is 0.385. The number of aromatic amines is 1. The van der Waals surface area contributed by atoms with Crippen LogP contribution < -0.4 is 10.6 Å². The number of carbonyl (C=O) groups is 1. The molecule has 2 heterocycles. The first kappa shape index (κ1) is 13.6. The molecule has 19 heavy (non-hydrogen) atoms. The summed E-state index contributed by atoms with van der Waals surface area (Å²) in [5, 5.41) is 14.6. The van der Waals surface area contributed by atoms with Gasteiger partial charge in [0.1, 0.15) is 0 Å². The molecule has 0 spiro atoms. The Morgan fingerprint density at radius 1 is 1.37 bits per heavy atom. The first-order valence-corrected chi connectivity index (χ1v) is 7.04. The maximum absolute atomic E-state index is 11.9. The minimum atomic E-state index is -0.272. The van der Waals surface area contributed by atoms with Crippen LogP contribution in [0.2, 0.25) is 0 Å². The van der Waals surface area contributed by atoms with Gasteiger partial charge in [-0.25, -0.2) is 4.79 Å². The summed E-state index contributed by atoms with van der Waals surface area (Å²) >= 11 is 1.60. The largest absolute Gasteiger partial charge is 0.324 e. The van der Waals surface area contributed by atoms with Crippen LogP contribution in [0, 0.1) is 13.8 Å². The number of aryl methyl sites for hydroxylation is 1. The van der Waals surface area contributed by atoms with Crippen LogP contribution in [-0.2, 0) is 0 Å². The second kappa shape index (κ2) is 5.44. The van der Waals surface area contributed by atoms with E-state index in [0.717, 1.165) is 21.8 Å². The summed E-state index contributed by atoms with van der Waals surface area (Å²) in [5.74, 6) is 0.930. The van der Waals surface area contributed by atoms with Gasteiger partial charge < -0.3 is 5.32 Å². The predicted molar refractivity (Wildman–Crippen MR) is 79.1 cm³/mol. The van der Waals surface area contributed by atoms with E-state index in [2.05, 4.69) is 34.7 Å². The lowest BCUT2D eigenvalue weighted by Crippen LogP contribution is -2.20. The molecule has 102 valence electrons. The summed E-state index contributed by atoms with van der Waals surface area (Å²) in [7, 11) is 0. The Balaban J connectivity index is 2.05. The van der Waals surface area contributed by atoms with E-state index in [1.807, 2.05) is 25.3 Å². The third-order valence-electron chi connectivity index (χ3n) is 2.96. The Kier molecular flexibility index (Phi) is 3.90. The van der Waals surface area contributed by atoms with Crippen LogP contribution in [0.15, 0.2) is 11.4 Å². The number of urea groups is 1. The maximum atomic E-state index is 11.9. The summed E-state index contributed by atoms with van der Waals surface area (Å²) in [6, 6.07) is 1.61. The SMILES string of the molecule is Cc1sccc1NC(=O)Nc1n[nH]c(C(C)C)c1C. The molecule has 0 aliphatic carbocycles. The normalized spacial score (nSPS) is 10.8. The predicted octanol–water partition coefficient (Wildman–Crippen LogP) is 3.86. The lowest BCUT2D eigenvalue weighted by Gasteiger charge is -2.06. The summed E-state index contributed by atoms with van der Waals surface area (Å²) < 4.78 is 0. The summed E-state index contributed by atoms with van der Waals surface area (Å²) in [4.78, 5) is 13.0. The average molecular weight is 278 g/mol. The fourth-order valence-corrected chi connectivity index (χ4v) is 2.53. The molecule has 0 aliphatic heterocycles. The van der Waals surface area contributed by atoms with Gasteiger partial charge >= 0.3 is 6.03 Å². The van der Waals surface area contributed by atoms with Crippen molar-refractivity contribution in [2.75, 3.05) is 10.6 Å². The molecule has 0 fully saturated rings. The van der Waals surface area contributed by atoms with Crippen molar-refractivity contribution in [3.05, 3.63) is 27.6 Å². The highest BCUT2D eigenvalue weighted by molar-refractivity contribution is 7.10. The fourth-order valence-electron chi connectivity index (χ4n) is 1.87. The number of hydrogen-bond acceptors (Lipinski definition) is 3. The van der Waals surface area contributed by atoms with Crippen molar-refractivity contribution < 1.29 is 4.79 Å². The molecule has 0 bridgehead atoms. The van der Waals surface area contributed by atoms with Gasteiger partial charge in [-0.2, -0.15) is 5.10 Å². The van der Waals surface area contributed by atoms with E-state index in [1.54, 1.807) is 11.3 Å². The number of thiophene rings is 1. The standard InChI is InChI=1S/C13H18N4OS/c1-7(2)11-8(3)12(17-16-11)15-13(18)14-10-5-6-19-9(10)4/h5-7H,1-4H3,(H3,14,15,16,17,18). The highest BCUT2D eigenvalue weighted by Crippen LogP contribution is 2.23. The Bertz CT molecular complexity index is 585. The van der Waals surface area contributed by atoms with Crippen LogP contribution in [0.1, 0.15) is 35.9 Å². The second-order valence-corrected chi connectivity index (χ2v) is 5.86. The van der Waals surface area contributed by atoms with Gasteiger partial charge in [0.25, 0.3) is 0 Å². The first-order chi connectivity index (χ1) is 8.99. The van der Waals surface area contributed by atoms with Gasteiger partial charge in [0, 0.05) is 16.1 Å². The van der Waals surface area contributed by atoms with Gasteiger partial charge in [0.2, 0.25) is 0 Å². The van der Waals surface area contributed by atoms with E-state index in [0.29, 0.717) is 11.7 Å². The number of hydrogen-bond donors (Lipinski definition) is 3. The van der Waals surface area contributed by atoms with Crippen molar-refractivity contribution in [1.29, 1.82) is 0 Å². The topological polar surface area (TPSA) is 69.8 Å². The lowest BCUT2D eigenvalue weighted by molar-refractivity contribution is 0.262. The molecular formula is C13H18N4OS. The van der Waals surface area contributed by atoms with Crippen molar-refractivity contribution in [1.82, 2.24) is 10.2 Å². The molecule has 0 saturated heterocycles. The van der Waals surface area contributed by atoms with Crippen molar-refractivity contribution in [3.63, 3.8) is 0 Å². The molecule has 3 N–H and O–H groups in total. The van der Waals surface area contributed by atoms with Crippen LogP contribution in [-0.4, -0.2) is 16.2 Å². The van der Waals surface area contributed by atoms with E-state index in [-0.39, 0.29) is 6.03 Å². The lowest BCUT2D eigenvalue weighted by atomic mass is 10.1. The number of nitrogens with zero attached hydrogens (tertiary/aromatic N) is 1. The van der Waals surface area contributed by atoms with Gasteiger partial charge in [-0.15, -0.1) is 11.3 Å². The van der Waals surface area contributed by atoms with Gasteiger partial charge in [-0.1, -0.05) is 13.8 Å². The maximum Gasteiger partial charge on any atom is 0.324 e. The molecule has 0 radical (unpaired) electrons. The smallest absolute Gasteiger partial charge is 0.307 e. The number of carbonyl (C=O) groups excluding carboxylic acids is 1. The van der Waals surface area contributed by atoms with Crippen molar-refractivity contribution in [2.45, 2.75) is 33.6 Å². The van der Waals surface area contributed by atoms with E-state index in [4.69, 9.17) is 0 Å². The van der Waals surface area contributed by atoms with Crippen LogP contribution in [0.5, 0.6) is 0 Å². The molecular weight excluding hydrogens is 260 g/mol. The third kappa shape index (κ3) is 2.96. The molecule has 0 atom stereocenters. The highest BCUT2D eigenvalue weighted by atomic mass is 32.1. The highest BCUT2D eigenvalue weighted by Gasteiger charge is 2.14. The minimum absolute atomic E-state index is 0.272. The summed E-state index contributed by atoms with van der Waals surface area (Å²) in [5.41, 5.74) is 2.86. The molecule has 5 nitrogen and oxygen atoms in total. The molecule has 2 aromatic heterocycles. The molecule has 2 aromatic rings. The number of nitrogens with one attached hydrogen (secondary N) is 3. The van der Waals surface area contributed by atoms with E-state index < -0.39 is 0 Å². The Morgan fingerprint density at radius 2 is 2.11 bits per heavy atom.